The molecule has 0 unspecified atom stereocenters. The van der Waals surface area contributed by atoms with Gasteiger partial charge in [0.2, 0.25) is 10.0 Å². The Kier molecular flexibility index (Phi) is 7.76. The molecule has 174 valence electrons. The molecule has 0 bridgehead atoms. The maximum Gasteiger partial charge on any atom is 0.261 e. The Morgan fingerprint density at radius 2 is 1.61 bits per heavy atom. The lowest BCUT2D eigenvalue weighted by molar-refractivity contribution is -0.128. The van der Waals surface area contributed by atoms with Crippen LogP contribution >= 0.6 is 0 Å². The molecule has 0 saturated carbocycles. The molecule has 0 aliphatic carbocycles. The van der Waals surface area contributed by atoms with Gasteiger partial charge in [-0.05, 0) is 48.7 Å². The van der Waals surface area contributed by atoms with Gasteiger partial charge in [0.05, 0.1) is 18.0 Å². The Morgan fingerprint density at radius 1 is 0.970 bits per heavy atom. The lowest BCUT2D eigenvalue weighted by Gasteiger charge is -2.24. The SMILES string of the molecule is CC[C@H](Oc1ccc(N(C)S(C)(=O)=O)cc1)C(=O)N[C@@H](c1ccccc1)c1cccc(C)c1. The highest BCUT2D eigenvalue weighted by Gasteiger charge is 2.24. The van der Waals surface area contributed by atoms with E-state index in [1.165, 1.54) is 11.4 Å². The number of aryl methyl sites for hydroxylation is 1. The first kappa shape index (κ1) is 24.3. The number of hydrogen-bond acceptors (Lipinski definition) is 4. The smallest absolute Gasteiger partial charge is 0.261 e. The Morgan fingerprint density at radius 3 is 2.18 bits per heavy atom. The number of anilines is 1. The zero-order chi connectivity index (χ0) is 24.0. The average molecular weight is 467 g/mol. The van der Waals surface area contributed by atoms with Crippen LogP contribution in [0.4, 0.5) is 5.69 Å². The van der Waals surface area contributed by atoms with Crippen LogP contribution in [0.15, 0.2) is 78.9 Å². The third-order valence-electron chi connectivity index (χ3n) is 5.43. The van der Waals surface area contributed by atoms with Crippen molar-refractivity contribution in [3.8, 4) is 5.75 Å². The van der Waals surface area contributed by atoms with Crippen molar-refractivity contribution < 1.29 is 17.9 Å². The van der Waals surface area contributed by atoms with Gasteiger partial charge in [0, 0.05) is 7.05 Å². The van der Waals surface area contributed by atoms with Crippen LogP contribution in [-0.2, 0) is 14.8 Å². The van der Waals surface area contributed by atoms with Gasteiger partial charge in [0.15, 0.2) is 6.10 Å². The summed E-state index contributed by atoms with van der Waals surface area (Å²) in [6.45, 7) is 3.91. The Bertz CT molecular complexity index is 1180. The molecule has 0 heterocycles. The summed E-state index contributed by atoms with van der Waals surface area (Å²) in [5.74, 6) is 0.277. The Hall–Kier alpha value is -3.32. The second kappa shape index (κ2) is 10.5. The lowest BCUT2D eigenvalue weighted by atomic mass is 9.97. The summed E-state index contributed by atoms with van der Waals surface area (Å²) in [6, 6.07) is 24.2. The topological polar surface area (TPSA) is 75.7 Å². The van der Waals surface area contributed by atoms with Crippen LogP contribution in [-0.4, -0.2) is 33.7 Å². The highest BCUT2D eigenvalue weighted by atomic mass is 32.2. The summed E-state index contributed by atoms with van der Waals surface area (Å²) >= 11 is 0. The zero-order valence-electron chi connectivity index (χ0n) is 19.4. The maximum atomic E-state index is 13.2. The molecule has 0 fully saturated rings. The number of carbonyl (C=O) groups is 1. The standard InChI is InChI=1S/C26H30N2O4S/c1-5-24(32-23-16-14-22(15-17-23)28(3)33(4,30)31)26(29)27-25(20-11-7-6-8-12-20)21-13-9-10-19(2)18-21/h6-18,24-25H,5H2,1-4H3,(H,27,29)/t24-,25-/m0/s1. The zero-order valence-corrected chi connectivity index (χ0v) is 20.2. The van der Waals surface area contributed by atoms with E-state index in [4.69, 9.17) is 4.74 Å². The fourth-order valence-corrected chi connectivity index (χ4v) is 4.01. The van der Waals surface area contributed by atoms with E-state index in [-0.39, 0.29) is 11.9 Å². The highest BCUT2D eigenvalue weighted by Crippen LogP contribution is 2.25. The van der Waals surface area contributed by atoms with E-state index in [2.05, 4.69) is 11.4 Å². The predicted molar refractivity (Wildman–Crippen MR) is 132 cm³/mol. The van der Waals surface area contributed by atoms with Gasteiger partial charge in [0.1, 0.15) is 5.75 Å². The van der Waals surface area contributed by atoms with E-state index in [0.717, 1.165) is 22.9 Å². The molecule has 1 N–H and O–H groups in total. The van der Waals surface area contributed by atoms with Crippen LogP contribution in [0.1, 0.15) is 36.1 Å². The molecule has 3 aromatic carbocycles. The number of amides is 1. The van der Waals surface area contributed by atoms with Gasteiger partial charge in [-0.3, -0.25) is 9.10 Å². The van der Waals surface area contributed by atoms with Crippen molar-refractivity contribution in [3.05, 3.63) is 95.6 Å². The summed E-state index contributed by atoms with van der Waals surface area (Å²) in [5, 5.41) is 3.15. The van der Waals surface area contributed by atoms with E-state index < -0.39 is 16.1 Å². The largest absolute Gasteiger partial charge is 0.481 e. The minimum Gasteiger partial charge on any atom is -0.481 e. The first-order valence-corrected chi connectivity index (χ1v) is 12.7. The van der Waals surface area contributed by atoms with Crippen molar-refractivity contribution in [2.75, 3.05) is 17.6 Å². The van der Waals surface area contributed by atoms with E-state index in [9.17, 15) is 13.2 Å². The van der Waals surface area contributed by atoms with Gasteiger partial charge in [-0.25, -0.2) is 8.42 Å². The molecule has 7 heteroatoms. The first-order valence-electron chi connectivity index (χ1n) is 10.8. The summed E-state index contributed by atoms with van der Waals surface area (Å²) in [5.41, 5.74) is 3.62. The molecular formula is C26H30N2O4S. The van der Waals surface area contributed by atoms with Gasteiger partial charge in [-0.15, -0.1) is 0 Å². The Labute approximate surface area is 196 Å². The van der Waals surface area contributed by atoms with Crippen molar-refractivity contribution in [2.24, 2.45) is 0 Å². The minimum absolute atomic E-state index is 0.217. The number of benzene rings is 3. The van der Waals surface area contributed by atoms with Crippen LogP contribution in [0.5, 0.6) is 5.75 Å². The van der Waals surface area contributed by atoms with Gasteiger partial charge < -0.3 is 10.1 Å². The molecule has 0 aromatic heterocycles. The molecular weight excluding hydrogens is 436 g/mol. The van der Waals surface area contributed by atoms with E-state index in [0.29, 0.717) is 17.9 Å². The molecule has 0 saturated heterocycles. The Balaban J connectivity index is 1.78. The van der Waals surface area contributed by atoms with Crippen LogP contribution in [0.25, 0.3) is 0 Å². The van der Waals surface area contributed by atoms with E-state index in [1.54, 1.807) is 24.3 Å². The third kappa shape index (κ3) is 6.35. The predicted octanol–water partition coefficient (Wildman–Crippen LogP) is 4.45. The van der Waals surface area contributed by atoms with Crippen molar-refractivity contribution in [1.82, 2.24) is 5.32 Å². The number of hydrogen-bond donors (Lipinski definition) is 1. The molecule has 0 aliphatic rings. The molecule has 1 amide bonds. The number of ether oxygens (including phenoxy) is 1. The molecule has 2 atom stereocenters. The van der Waals surface area contributed by atoms with Crippen LogP contribution in [0.3, 0.4) is 0 Å². The van der Waals surface area contributed by atoms with Gasteiger partial charge in [0.25, 0.3) is 5.91 Å². The van der Waals surface area contributed by atoms with Crippen molar-refractivity contribution in [1.29, 1.82) is 0 Å². The normalized spacial score (nSPS) is 13.1. The summed E-state index contributed by atoms with van der Waals surface area (Å²) in [6.07, 6.45) is 0.929. The maximum absolute atomic E-state index is 13.2. The average Bonchev–Trinajstić information content (AvgIpc) is 2.80. The fraction of sp³-hybridized carbons (Fsp3) is 0.269. The number of rotatable bonds is 9. The highest BCUT2D eigenvalue weighted by molar-refractivity contribution is 7.92. The fourth-order valence-electron chi connectivity index (χ4n) is 3.50. The number of nitrogens with zero attached hydrogens (tertiary/aromatic N) is 1. The van der Waals surface area contributed by atoms with E-state index >= 15 is 0 Å². The van der Waals surface area contributed by atoms with E-state index in [1.807, 2.05) is 62.4 Å². The molecule has 33 heavy (non-hydrogen) atoms. The second-order valence-corrected chi connectivity index (χ2v) is 10.0. The van der Waals surface area contributed by atoms with Crippen molar-refractivity contribution in [3.63, 3.8) is 0 Å². The molecule has 0 radical (unpaired) electrons. The van der Waals surface area contributed by atoms with Crippen LogP contribution in [0.2, 0.25) is 0 Å². The van der Waals surface area contributed by atoms with Crippen molar-refractivity contribution in [2.45, 2.75) is 32.4 Å². The monoisotopic (exact) mass is 466 g/mol. The second-order valence-electron chi connectivity index (χ2n) is 8.01. The summed E-state index contributed by atoms with van der Waals surface area (Å²) < 4.78 is 30.6. The number of nitrogens with one attached hydrogen (secondary N) is 1. The molecule has 0 spiro atoms. The number of carbonyl (C=O) groups excluding carboxylic acids is 1. The summed E-state index contributed by atoms with van der Waals surface area (Å²) in [7, 11) is -1.86. The van der Waals surface area contributed by atoms with Crippen LogP contribution < -0.4 is 14.4 Å². The number of sulfonamides is 1. The molecule has 0 aliphatic heterocycles. The van der Waals surface area contributed by atoms with Crippen LogP contribution in [0, 0.1) is 6.92 Å². The van der Waals surface area contributed by atoms with Gasteiger partial charge in [-0.1, -0.05) is 67.1 Å². The van der Waals surface area contributed by atoms with Gasteiger partial charge >= 0.3 is 0 Å². The first-order chi connectivity index (χ1) is 15.7. The van der Waals surface area contributed by atoms with Gasteiger partial charge in [-0.2, -0.15) is 0 Å². The molecule has 6 nitrogen and oxygen atoms in total. The molecule has 3 aromatic rings. The summed E-state index contributed by atoms with van der Waals surface area (Å²) in [4.78, 5) is 13.2. The van der Waals surface area contributed by atoms with Crippen molar-refractivity contribution >= 4 is 21.6 Å². The quantitative estimate of drug-likeness (QED) is 0.505. The molecule has 3 rings (SSSR count). The minimum atomic E-state index is -3.35. The lowest BCUT2D eigenvalue weighted by Crippen LogP contribution is -2.40. The third-order valence-corrected chi connectivity index (χ3v) is 6.64.